The van der Waals surface area contributed by atoms with Crippen molar-refractivity contribution in [3.63, 3.8) is 0 Å². The van der Waals surface area contributed by atoms with E-state index in [0.717, 1.165) is 33.4 Å². The number of hydrogen-bond donors (Lipinski definition) is 2. The molecule has 0 heterocycles. The molecule has 0 saturated heterocycles. The van der Waals surface area contributed by atoms with Gasteiger partial charge in [-0.05, 0) is 33.4 Å². The summed E-state index contributed by atoms with van der Waals surface area (Å²) in [6.07, 6.45) is 0. The van der Waals surface area contributed by atoms with Gasteiger partial charge in [-0.15, -0.1) is 0 Å². The van der Waals surface area contributed by atoms with Gasteiger partial charge >= 0.3 is 5.97 Å². The van der Waals surface area contributed by atoms with Gasteiger partial charge in [-0.25, -0.2) is 0 Å². The normalized spacial score (nSPS) is 14.3. The van der Waals surface area contributed by atoms with E-state index >= 15 is 0 Å². The minimum Gasteiger partial charge on any atom is -0.480 e. The third kappa shape index (κ3) is 3.84. The standard InChI is InChI=1S/C29H25NO3/c31-28(32)27(20-33-19-21-11-3-1-4-12-21)30-29(22-13-5-2-6-14-22)25-17-9-7-15-23(25)24-16-8-10-18-26(24)29/h1-18,27,30H,19-20H2,(H,31,32)/t27-/m0/s1. The number of hydrogen-bond acceptors (Lipinski definition) is 3. The molecule has 1 aliphatic rings. The fourth-order valence-electron chi connectivity index (χ4n) is 4.78. The molecule has 4 heteroatoms. The molecule has 0 saturated carbocycles. The van der Waals surface area contributed by atoms with Gasteiger partial charge in [0.1, 0.15) is 6.04 Å². The van der Waals surface area contributed by atoms with Gasteiger partial charge in [0.25, 0.3) is 0 Å². The Morgan fingerprint density at radius 2 is 1.27 bits per heavy atom. The predicted octanol–water partition coefficient (Wildman–Crippen LogP) is 5.22. The van der Waals surface area contributed by atoms with Crippen LogP contribution in [0.5, 0.6) is 0 Å². The van der Waals surface area contributed by atoms with Crippen molar-refractivity contribution in [2.75, 3.05) is 6.61 Å². The van der Waals surface area contributed by atoms with Crippen LogP contribution in [-0.2, 0) is 21.7 Å². The van der Waals surface area contributed by atoms with Gasteiger partial charge < -0.3 is 9.84 Å². The quantitative estimate of drug-likeness (QED) is 0.398. The van der Waals surface area contributed by atoms with Crippen molar-refractivity contribution in [1.82, 2.24) is 5.32 Å². The summed E-state index contributed by atoms with van der Waals surface area (Å²) in [5, 5.41) is 13.7. The number of rotatable bonds is 8. The first-order valence-corrected chi connectivity index (χ1v) is 11.1. The molecule has 0 spiro atoms. The van der Waals surface area contributed by atoms with Crippen molar-refractivity contribution >= 4 is 5.97 Å². The Kier molecular flexibility index (Phi) is 5.78. The minimum absolute atomic E-state index is 0.0448. The maximum atomic E-state index is 12.4. The molecule has 2 N–H and O–H groups in total. The molecule has 0 aliphatic heterocycles. The summed E-state index contributed by atoms with van der Waals surface area (Å²) < 4.78 is 5.87. The van der Waals surface area contributed by atoms with Crippen molar-refractivity contribution < 1.29 is 14.6 Å². The van der Waals surface area contributed by atoms with E-state index in [9.17, 15) is 9.90 Å². The Morgan fingerprint density at radius 1 is 0.758 bits per heavy atom. The smallest absolute Gasteiger partial charge is 0.323 e. The lowest BCUT2D eigenvalue weighted by Gasteiger charge is -2.36. The molecule has 4 nitrogen and oxygen atoms in total. The summed E-state index contributed by atoms with van der Waals surface area (Å²) in [4.78, 5) is 12.4. The summed E-state index contributed by atoms with van der Waals surface area (Å²) in [6, 6.07) is 35.3. The Labute approximate surface area is 193 Å². The number of ether oxygens (including phenoxy) is 1. The van der Waals surface area contributed by atoms with E-state index in [1.807, 2.05) is 72.8 Å². The van der Waals surface area contributed by atoms with Gasteiger partial charge in [-0.1, -0.05) is 109 Å². The second-order valence-corrected chi connectivity index (χ2v) is 8.24. The summed E-state index contributed by atoms with van der Waals surface area (Å²) in [6.45, 7) is 0.404. The summed E-state index contributed by atoms with van der Waals surface area (Å²) >= 11 is 0. The van der Waals surface area contributed by atoms with E-state index < -0.39 is 17.6 Å². The van der Waals surface area contributed by atoms with Gasteiger partial charge in [-0.3, -0.25) is 10.1 Å². The maximum Gasteiger partial charge on any atom is 0.323 e. The zero-order valence-electron chi connectivity index (χ0n) is 18.1. The van der Waals surface area contributed by atoms with Crippen molar-refractivity contribution in [3.05, 3.63) is 131 Å². The average molecular weight is 436 g/mol. The molecule has 5 rings (SSSR count). The van der Waals surface area contributed by atoms with Crippen LogP contribution in [0.2, 0.25) is 0 Å². The second kappa shape index (κ2) is 9.02. The Balaban J connectivity index is 1.56. The number of benzene rings is 4. The summed E-state index contributed by atoms with van der Waals surface area (Å²) in [7, 11) is 0. The number of fused-ring (bicyclic) bond motifs is 3. The van der Waals surface area contributed by atoms with Crippen LogP contribution in [0.1, 0.15) is 22.3 Å². The molecule has 1 aliphatic carbocycles. The molecule has 164 valence electrons. The summed E-state index contributed by atoms with van der Waals surface area (Å²) in [5.74, 6) is -0.944. The third-order valence-electron chi connectivity index (χ3n) is 6.24. The monoisotopic (exact) mass is 435 g/mol. The lowest BCUT2D eigenvalue weighted by Crippen LogP contribution is -2.53. The third-order valence-corrected chi connectivity index (χ3v) is 6.24. The van der Waals surface area contributed by atoms with Crippen LogP contribution in [0, 0.1) is 0 Å². The number of carbonyl (C=O) groups is 1. The molecule has 0 aromatic heterocycles. The van der Waals surface area contributed by atoms with Crippen molar-refractivity contribution in [2.45, 2.75) is 18.2 Å². The molecule has 1 atom stereocenters. The minimum atomic E-state index is -0.944. The molecule has 4 aromatic rings. The molecule has 0 fully saturated rings. The van der Waals surface area contributed by atoms with Crippen LogP contribution >= 0.6 is 0 Å². The van der Waals surface area contributed by atoms with Crippen LogP contribution in [0.4, 0.5) is 0 Å². The van der Waals surface area contributed by atoms with Gasteiger partial charge in [0, 0.05) is 0 Å². The Bertz CT molecular complexity index is 1210. The molecular weight excluding hydrogens is 410 g/mol. The first-order valence-electron chi connectivity index (χ1n) is 11.1. The molecule has 0 radical (unpaired) electrons. The Morgan fingerprint density at radius 3 is 1.85 bits per heavy atom. The lowest BCUT2D eigenvalue weighted by atomic mass is 9.80. The number of carboxylic acid groups (broad SMARTS) is 1. The predicted molar refractivity (Wildman–Crippen MR) is 129 cm³/mol. The first kappa shape index (κ1) is 21.1. The van der Waals surface area contributed by atoms with Gasteiger partial charge in [0.2, 0.25) is 0 Å². The van der Waals surface area contributed by atoms with Gasteiger partial charge in [0.15, 0.2) is 0 Å². The average Bonchev–Trinajstić information content (AvgIpc) is 3.15. The molecule has 33 heavy (non-hydrogen) atoms. The largest absolute Gasteiger partial charge is 0.480 e. The van der Waals surface area contributed by atoms with Crippen molar-refractivity contribution in [3.8, 4) is 11.1 Å². The molecule has 0 amide bonds. The topological polar surface area (TPSA) is 58.6 Å². The molecule has 0 bridgehead atoms. The van der Waals surface area contributed by atoms with E-state index in [2.05, 4.69) is 41.7 Å². The highest BCUT2D eigenvalue weighted by Crippen LogP contribution is 2.50. The fourth-order valence-corrected chi connectivity index (χ4v) is 4.78. The first-order chi connectivity index (χ1) is 16.2. The SMILES string of the molecule is O=C(O)[C@H](COCc1ccccc1)NC1(c2ccccc2)c2ccccc2-c2ccccc21. The van der Waals surface area contributed by atoms with E-state index in [1.165, 1.54) is 0 Å². The second-order valence-electron chi connectivity index (χ2n) is 8.24. The zero-order chi connectivity index (χ0) is 22.7. The van der Waals surface area contributed by atoms with Gasteiger partial charge in [-0.2, -0.15) is 0 Å². The zero-order valence-corrected chi connectivity index (χ0v) is 18.1. The van der Waals surface area contributed by atoms with E-state index in [4.69, 9.17) is 4.74 Å². The van der Waals surface area contributed by atoms with Crippen molar-refractivity contribution in [1.29, 1.82) is 0 Å². The van der Waals surface area contributed by atoms with Crippen LogP contribution < -0.4 is 5.32 Å². The van der Waals surface area contributed by atoms with E-state index in [1.54, 1.807) is 0 Å². The highest BCUT2D eigenvalue weighted by atomic mass is 16.5. The van der Waals surface area contributed by atoms with Crippen LogP contribution in [0.15, 0.2) is 109 Å². The molecule has 4 aromatic carbocycles. The highest BCUT2D eigenvalue weighted by molar-refractivity contribution is 5.84. The lowest BCUT2D eigenvalue weighted by molar-refractivity contribution is -0.141. The molecule has 0 unspecified atom stereocenters. The van der Waals surface area contributed by atoms with E-state index in [-0.39, 0.29) is 6.61 Å². The molecular formula is C29H25NO3. The van der Waals surface area contributed by atoms with Crippen molar-refractivity contribution in [2.24, 2.45) is 0 Å². The maximum absolute atomic E-state index is 12.4. The fraction of sp³-hybridized carbons (Fsp3) is 0.138. The van der Waals surface area contributed by atoms with Crippen LogP contribution in [0.25, 0.3) is 11.1 Å². The van der Waals surface area contributed by atoms with Gasteiger partial charge in [0.05, 0.1) is 18.8 Å². The summed E-state index contributed by atoms with van der Waals surface area (Å²) in [5.41, 5.74) is 5.52. The van der Waals surface area contributed by atoms with Crippen LogP contribution in [-0.4, -0.2) is 23.7 Å². The Hall–Kier alpha value is -3.73. The van der Waals surface area contributed by atoms with E-state index in [0.29, 0.717) is 6.61 Å². The van der Waals surface area contributed by atoms with Crippen LogP contribution in [0.3, 0.4) is 0 Å². The number of aliphatic carboxylic acids is 1. The highest BCUT2D eigenvalue weighted by Gasteiger charge is 2.46. The number of carboxylic acids is 1. The number of nitrogens with one attached hydrogen (secondary N) is 1.